The smallest absolute Gasteiger partial charge is 0.274 e. The Kier molecular flexibility index (Phi) is 4.64. The summed E-state index contributed by atoms with van der Waals surface area (Å²) in [4.78, 5) is 34.7. The van der Waals surface area contributed by atoms with Gasteiger partial charge in [-0.05, 0) is 12.8 Å². The molecule has 0 radical (unpaired) electrons. The number of piperidine rings is 1. The molecular formula is C16H21N7O2. The largest absolute Gasteiger partial charge is 0.357 e. The maximum absolute atomic E-state index is 12.5. The van der Waals surface area contributed by atoms with Crippen LogP contribution in [0.5, 0.6) is 0 Å². The minimum absolute atomic E-state index is 0.0969. The highest BCUT2D eigenvalue weighted by Crippen LogP contribution is 2.28. The van der Waals surface area contributed by atoms with Crippen LogP contribution in [0.2, 0.25) is 0 Å². The van der Waals surface area contributed by atoms with Crippen LogP contribution in [0, 0.1) is 0 Å². The summed E-state index contributed by atoms with van der Waals surface area (Å²) in [6.07, 6.45) is 7.13. The lowest BCUT2D eigenvalue weighted by atomic mass is 9.86. The van der Waals surface area contributed by atoms with E-state index in [2.05, 4.69) is 25.7 Å². The minimum atomic E-state index is -0.776. The lowest BCUT2D eigenvalue weighted by molar-refractivity contribution is -0.126. The predicted molar refractivity (Wildman–Crippen MR) is 90.8 cm³/mol. The molecule has 9 heteroatoms. The van der Waals surface area contributed by atoms with E-state index >= 15 is 0 Å². The van der Waals surface area contributed by atoms with Gasteiger partial charge < -0.3 is 15.5 Å². The van der Waals surface area contributed by atoms with Gasteiger partial charge in [-0.3, -0.25) is 19.3 Å². The molecule has 0 bridgehead atoms. The predicted octanol–water partition coefficient (Wildman–Crippen LogP) is 0.0430. The molecular weight excluding hydrogens is 322 g/mol. The van der Waals surface area contributed by atoms with Gasteiger partial charge in [0.15, 0.2) is 0 Å². The van der Waals surface area contributed by atoms with Gasteiger partial charge in [0.05, 0.1) is 12.4 Å². The van der Waals surface area contributed by atoms with Crippen molar-refractivity contribution in [3.8, 4) is 0 Å². The van der Waals surface area contributed by atoms with E-state index in [9.17, 15) is 9.59 Å². The van der Waals surface area contributed by atoms with Crippen LogP contribution in [-0.4, -0.2) is 62.1 Å². The summed E-state index contributed by atoms with van der Waals surface area (Å²) in [5.41, 5.74) is -0.462. The zero-order valence-corrected chi connectivity index (χ0v) is 14.3. The highest BCUT2D eigenvalue weighted by Gasteiger charge is 2.42. The maximum Gasteiger partial charge on any atom is 0.274 e. The molecule has 0 aliphatic carbocycles. The van der Waals surface area contributed by atoms with Gasteiger partial charge in [0.1, 0.15) is 17.1 Å². The van der Waals surface area contributed by atoms with Gasteiger partial charge in [0, 0.05) is 45.6 Å². The maximum atomic E-state index is 12.5. The lowest BCUT2D eigenvalue weighted by Gasteiger charge is -2.41. The van der Waals surface area contributed by atoms with Gasteiger partial charge in [-0.2, -0.15) is 5.10 Å². The third-order valence-electron chi connectivity index (χ3n) is 4.54. The number of carbonyl (C=O) groups excluding carboxylic acids is 2. The second-order valence-electron chi connectivity index (χ2n) is 6.01. The van der Waals surface area contributed by atoms with Crippen LogP contribution in [0.4, 0.5) is 5.82 Å². The molecule has 1 aliphatic heterocycles. The van der Waals surface area contributed by atoms with Crippen LogP contribution >= 0.6 is 0 Å². The van der Waals surface area contributed by atoms with E-state index in [4.69, 9.17) is 0 Å². The minimum Gasteiger partial charge on any atom is -0.357 e. The third kappa shape index (κ3) is 3.30. The van der Waals surface area contributed by atoms with Gasteiger partial charge in [-0.25, -0.2) is 4.98 Å². The number of amides is 2. The number of aromatic nitrogens is 4. The number of aryl methyl sites for hydroxylation is 1. The Labute approximate surface area is 145 Å². The Morgan fingerprint density at radius 3 is 2.52 bits per heavy atom. The summed E-state index contributed by atoms with van der Waals surface area (Å²) in [6.45, 7) is 0.904. The first-order valence-corrected chi connectivity index (χ1v) is 8.09. The van der Waals surface area contributed by atoms with Crippen LogP contribution in [-0.2, 0) is 11.8 Å². The molecule has 0 spiro atoms. The summed E-state index contributed by atoms with van der Waals surface area (Å²) in [6, 6.07) is 1.82. The number of anilines is 1. The van der Waals surface area contributed by atoms with Crippen LogP contribution in [0.25, 0.3) is 0 Å². The van der Waals surface area contributed by atoms with E-state index in [0.717, 1.165) is 5.82 Å². The summed E-state index contributed by atoms with van der Waals surface area (Å²) < 4.78 is 1.68. The highest BCUT2D eigenvalue weighted by atomic mass is 16.2. The molecule has 0 aromatic carbocycles. The van der Waals surface area contributed by atoms with Crippen molar-refractivity contribution in [2.45, 2.75) is 18.4 Å². The molecule has 2 N–H and O–H groups in total. The highest BCUT2D eigenvalue weighted by molar-refractivity contribution is 5.93. The Balaban J connectivity index is 1.75. The first-order chi connectivity index (χ1) is 12.1. The van der Waals surface area contributed by atoms with Crippen molar-refractivity contribution in [3.63, 3.8) is 0 Å². The fourth-order valence-electron chi connectivity index (χ4n) is 3.05. The monoisotopic (exact) mass is 343 g/mol. The van der Waals surface area contributed by atoms with Gasteiger partial charge in [0.25, 0.3) is 5.91 Å². The number of nitrogens with zero attached hydrogens (tertiary/aromatic N) is 5. The molecule has 1 saturated heterocycles. The number of likely N-dealkylation sites (N-methyl/N-ethyl adjacent to an activating group) is 1. The van der Waals surface area contributed by atoms with Crippen LogP contribution < -0.4 is 10.6 Å². The lowest BCUT2D eigenvalue weighted by Crippen LogP contribution is -2.58. The fourth-order valence-corrected chi connectivity index (χ4v) is 3.05. The Bertz CT molecular complexity index is 751. The number of rotatable bonds is 4. The standard InChI is InChI=1S/C16H21N7O2/c1-17-15(25)16(21-13-3-6-20-22(13)2)4-9-23(10-5-16)14(24)12-11-18-7-8-19-12/h3,6-8,11,21H,4-5,9-10H2,1-2H3,(H,17,25). The molecule has 0 saturated carbocycles. The molecule has 1 fully saturated rings. The van der Waals surface area contributed by atoms with Crippen molar-refractivity contribution in [1.82, 2.24) is 30.0 Å². The fraction of sp³-hybridized carbons (Fsp3) is 0.438. The van der Waals surface area contributed by atoms with Crippen molar-refractivity contribution in [1.29, 1.82) is 0 Å². The number of carbonyl (C=O) groups is 2. The Morgan fingerprint density at radius 1 is 1.20 bits per heavy atom. The Morgan fingerprint density at radius 2 is 1.96 bits per heavy atom. The summed E-state index contributed by atoms with van der Waals surface area (Å²) in [5, 5.41) is 10.2. The first kappa shape index (κ1) is 16.9. The summed E-state index contributed by atoms with van der Waals surface area (Å²) in [5.74, 6) is 0.497. The van der Waals surface area contributed by atoms with Gasteiger partial charge >= 0.3 is 0 Å². The van der Waals surface area contributed by atoms with Crippen molar-refractivity contribution in [2.24, 2.45) is 7.05 Å². The molecule has 132 valence electrons. The average Bonchev–Trinajstić information content (AvgIpc) is 3.06. The number of hydrogen-bond acceptors (Lipinski definition) is 6. The number of nitrogens with one attached hydrogen (secondary N) is 2. The normalized spacial score (nSPS) is 16.3. The first-order valence-electron chi connectivity index (χ1n) is 8.09. The topological polar surface area (TPSA) is 105 Å². The van der Waals surface area contributed by atoms with Gasteiger partial charge in [-0.1, -0.05) is 0 Å². The second kappa shape index (κ2) is 6.88. The van der Waals surface area contributed by atoms with E-state index in [1.54, 1.807) is 22.8 Å². The van der Waals surface area contributed by atoms with Crippen LogP contribution in [0.1, 0.15) is 23.3 Å². The van der Waals surface area contributed by atoms with E-state index in [1.165, 1.54) is 18.6 Å². The summed E-state index contributed by atoms with van der Waals surface area (Å²) in [7, 11) is 3.43. The molecule has 0 unspecified atom stereocenters. The zero-order valence-electron chi connectivity index (χ0n) is 14.3. The van der Waals surface area contributed by atoms with Crippen LogP contribution in [0.3, 0.4) is 0 Å². The molecule has 3 rings (SSSR count). The summed E-state index contributed by atoms with van der Waals surface area (Å²) >= 11 is 0. The number of likely N-dealkylation sites (tertiary alicyclic amines) is 1. The van der Waals surface area contributed by atoms with Crippen molar-refractivity contribution < 1.29 is 9.59 Å². The average molecular weight is 343 g/mol. The molecule has 9 nitrogen and oxygen atoms in total. The SMILES string of the molecule is CNC(=O)C1(Nc2ccnn2C)CCN(C(=O)c2cnccn2)CC1. The zero-order chi connectivity index (χ0) is 17.9. The third-order valence-corrected chi connectivity index (χ3v) is 4.54. The number of hydrogen-bond donors (Lipinski definition) is 2. The molecule has 0 atom stereocenters. The van der Waals surface area contributed by atoms with Crippen LogP contribution in [0.15, 0.2) is 30.9 Å². The van der Waals surface area contributed by atoms with Crippen molar-refractivity contribution in [2.75, 3.05) is 25.5 Å². The molecule has 2 amide bonds. The molecule has 3 heterocycles. The molecule has 2 aromatic rings. The van der Waals surface area contributed by atoms with Gasteiger partial charge in [0.2, 0.25) is 5.91 Å². The molecule has 2 aromatic heterocycles. The van der Waals surface area contributed by atoms with Gasteiger partial charge in [-0.15, -0.1) is 0 Å². The molecule has 1 aliphatic rings. The quantitative estimate of drug-likeness (QED) is 0.812. The van der Waals surface area contributed by atoms with Crippen molar-refractivity contribution in [3.05, 3.63) is 36.5 Å². The second-order valence-corrected chi connectivity index (χ2v) is 6.01. The molecule has 25 heavy (non-hydrogen) atoms. The van der Waals surface area contributed by atoms with E-state index < -0.39 is 5.54 Å². The van der Waals surface area contributed by atoms with E-state index in [1.807, 2.05) is 13.1 Å². The van der Waals surface area contributed by atoms with E-state index in [-0.39, 0.29) is 11.8 Å². The Hall–Kier alpha value is -2.97. The van der Waals surface area contributed by atoms with Crippen molar-refractivity contribution >= 4 is 17.6 Å². The van der Waals surface area contributed by atoms with E-state index in [0.29, 0.717) is 31.6 Å².